The van der Waals surface area contributed by atoms with Crippen molar-refractivity contribution in [3.63, 3.8) is 0 Å². The zero-order valence-electron chi connectivity index (χ0n) is 15.4. The Balaban J connectivity index is 2.52. The maximum atomic E-state index is 6.36. The van der Waals surface area contributed by atoms with Crippen molar-refractivity contribution in [3.05, 3.63) is 53.6 Å². The summed E-state index contributed by atoms with van der Waals surface area (Å²) in [6.07, 6.45) is 0. The van der Waals surface area contributed by atoms with E-state index in [9.17, 15) is 0 Å². The molecule has 0 heterocycles. The SMILES string of the molecule is COc1ccc(C(C)(C)C)c(Oc2ccccc2C(C)(C)C)c1. The normalized spacial score (nSPS) is 12.1. The molecule has 0 spiro atoms. The first-order valence-corrected chi connectivity index (χ1v) is 8.09. The van der Waals surface area contributed by atoms with Crippen molar-refractivity contribution in [2.24, 2.45) is 0 Å². The molecule has 2 heteroatoms. The zero-order valence-corrected chi connectivity index (χ0v) is 15.4. The second-order valence-electron chi connectivity index (χ2n) is 7.96. The van der Waals surface area contributed by atoms with Gasteiger partial charge in [0, 0.05) is 17.2 Å². The molecule has 2 aromatic carbocycles. The Kier molecular flexibility index (Phi) is 4.74. The highest BCUT2D eigenvalue weighted by Crippen LogP contribution is 2.39. The van der Waals surface area contributed by atoms with Crippen LogP contribution in [0.2, 0.25) is 0 Å². The highest BCUT2D eigenvalue weighted by molar-refractivity contribution is 5.48. The van der Waals surface area contributed by atoms with Gasteiger partial charge in [0.05, 0.1) is 7.11 Å². The lowest BCUT2D eigenvalue weighted by Crippen LogP contribution is -2.15. The molecule has 0 fully saturated rings. The summed E-state index contributed by atoms with van der Waals surface area (Å²) in [5, 5.41) is 0. The molecule has 0 aliphatic carbocycles. The summed E-state index contributed by atoms with van der Waals surface area (Å²) in [7, 11) is 1.68. The fourth-order valence-electron chi connectivity index (χ4n) is 2.63. The Hall–Kier alpha value is -1.96. The van der Waals surface area contributed by atoms with Crippen LogP contribution in [0.1, 0.15) is 52.7 Å². The third-order valence-corrected chi connectivity index (χ3v) is 3.91. The van der Waals surface area contributed by atoms with Gasteiger partial charge in [-0.3, -0.25) is 0 Å². The topological polar surface area (TPSA) is 18.5 Å². The van der Waals surface area contributed by atoms with Crippen molar-refractivity contribution in [2.45, 2.75) is 52.4 Å². The van der Waals surface area contributed by atoms with E-state index in [2.05, 4.69) is 59.7 Å². The monoisotopic (exact) mass is 312 g/mol. The molecule has 23 heavy (non-hydrogen) atoms. The van der Waals surface area contributed by atoms with Crippen LogP contribution in [0, 0.1) is 0 Å². The Labute approximate surface area is 140 Å². The molecule has 2 rings (SSSR count). The number of para-hydroxylation sites is 1. The van der Waals surface area contributed by atoms with Gasteiger partial charge in [-0.15, -0.1) is 0 Å². The molecule has 0 aromatic heterocycles. The largest absolute Gasteiger partial charge is 0.497 e. The smallest absolute Gasteiger partial charge is 0.134 e. The first-order chi connectivity index (χ1) is 10.6. The van der Waals surface area contributed by atoms with Crippen molar-refractivity contribution >= 4 is 0 Å². The molecule has 0 unspecified atom stereocenters. The molecule has 0 saturated carbocycles. The van der Waals surface area contributed by atoms with E-state index in [0.717, 1.165) is 17.2 Å². The lowest BCUT2D eigenvalue weighted by atomic mass is 9.85. The van der Waals surface area contributed by atoms with Gasteiger partial charge in [-0.25, -0.2) is 0 Å². The van der Waals surface area contributed by atoms with Crippen LogP contribution < -0.4 is 9.47 Å². The summed E-state index contributed by atoms with van der Waals surface area (Å²) in [5.41, 5.74) is 2.39. The van der Waals surface area contributed by atoms with Gasteiger partial charge in [-0.1, -0.05) is 65.8 Å². The standard InChI is InChI=1S/C21H28O2/c1-20(2,3)16-10-8-9-11-18(16)23-19-14-15(22-7)12-13-17(19)21(4,5)6/h8-14H,1-7H3. The van der Waals surface area contributed by atoms with Crippen LogP contribution in [-0.4, -0.2) is 7.11 Å². The summed E-state index contributed by atoms with van der Waals surface area (Å²) in [4.78, 5) is 0. The zero-order chi connectivity index (χ0) is 17.3. The quantitative estimate of drug-likeness (QED) is 0.683. The molecule has 0 saturated heterocycles. The van der Waals surface area contributed by atoms with E-state index in [1.807, 2.05) is 24.3 Å². The lowest BCUT2D eigenvalue weighted by molar-refractivity contribution is 0.402. The van der Waals surface area contributed by atoms with Gasteiger partial charge in [0.1, 0.15) is 17.2 Å². The third kappa shape index (κ3) is 4.07. The lowest BCUT2D eigenvalue weighted by Gasteiger charge is -2.26. The van der Waals surface area contributed by atoms with Gasteiger partial charge in [0.15, 0.2) is 0 Å². The summed E-state index contributed by atoms with van der Waals surface area (Å²) in [5.74, 6) is 2.56. The van der Waals surface area contributed by atoms with Gasteiger partial charge in [0.25, 0.3) is 0 Å². The number of hydrogen-bond donors (Lipinski definition) is 0. The number of benzene rings is 2. The number of ether oxygens (including phenoxy) is 2. The minimum Gasteiger partial charge on any atom is -0.497 e. The van der Waals surface area contributed by atoms with Crippen LogP contribution in [0.3, 0.4) is 0 Å². The molecule has 2 aromatic rings. The molecule has 0 amide bonds. The second kappa shape index (κ2) is 6.27. The predicted octanol–water partition coefficient (Wildman–Crippen LogP) is 6.08. The molecule has 124 valence electrons. The van der Waals surface area contributed by atoms with Gasteiger partial charge < -0.3 is 9.47 Å². The number of methoxy groups -OCH3 is 1. The molecule has 0 bridgehead atoms. The number of rotatable bonds is 3. The van der Waals surface area contributed by atoms with Gasteiger partial charge in [-0.2, -0.15) is 0 Å². The highest BCUT2D eigenvalue weighted by Gasteiger charge is 2.23. The maximum absolute atomic E-state index is 6.36. The van der Waals surface area contributed by atoms with Crippen molar-refractivity contribution in [3.8, 4) is 17.2 Å². The molecule has 0 aliphatic rings. The summed E-state index contributed by atoms with van der Waals surface area (Å²) in [6, 6.07) is 14.3. The highest BCUT2D eigenvalue weighted by atomic mass is 16.5. The van der Waals surface area contributed by atoms with Crippen molar-refractivity contribution in [1.29, 1.82) is 0 Å². The molecular formula is C21H28O2. The van der Waals surface area contributed by atoms with Crippen LogP contribution >= 0.6 is 0 Å². The van der Waals surface area contributed by atoms with Gasteiger partial charge >= 0.3 is 0 Å². The van der Waals surface area contributed by atoms with Crippen LogP contribution in [0.25, 0.3) is 0 Å². The summed E-state index contributed by atoms with van der Waals surface area (Å²) in [6.45, 7) is 13.2. The average Bonchev–Trinajstić information content (AvgIpc) is 2.45. The van der Waals surface area contributed by atoms with E-state index in [4.69, 9.17) is 9.47 Å². The van der Waals surface area contributed by atoms with Crippen LogP contribution in [0.4, 0.5) is 0 Å². The fraction of sp³-hybridized carbons (Fsp3) is 0.429. The summed E-state index contributed by atoms with van der Waals surface area (Å²) >= 11 is 0. The fourth-order valence-corrected chi connectivity index (χ4v) is 2.63. The summed E-state index contributed by atoms with van der Waals surface area (Å²) < 4.78 is 11.7. The van der Waals surface area contributed by atoms with Crippen LogP contribution in [-0.2, 0) is 10.8 Å². The first kappa shape index (κ1) is 17.4. The molecule has 0 aliphatic heterocycles. The van der Waals surface area contributed by atoms with Crippen LogP contribution in [0.5, 0.6) is 17.2 Å². The molecule has 2 nitrogen and oxygen atoms in total. The van der Waals surface area contributed by atoms with E-state index >= 15 is 0 Å². The van der Waals surface area contributed by atoms with E-state index in [1.165, 1.54) is 11.1 Å². The maximum Gasteiger partial charge on any atom is 0.134 e. The Morgan fingerprint density at radius 2 is 1.26 bits per heavy atom. The second-order valence-corrected chi connectivity index (χ2v) is 7.96. The van der Waals surface area contributed by atoms with E-state index in [0.29, 0.717) is 0 Å². The van der Waals surface area contributed by atoms with Crippen molar-refractivity contribution < 1.29 is 9.47 Å². The van der Waals surface area contributed by atoms with E-state index in [-0.39, 0.29) is 10.8 Å². The van der Waals surface area contributed by atoms with Gasteiger partial charge in [0.2, 0.25) is 0 Å². The number of hydrogen-bond acceptors (Lipinski definition) is 2. The Morgan fingerprint density at radius 3 is 1.83 bits per heavy atom. The van der Waals surface area contributed by atoms with Crippen molar-refractivity contribution in [2.75, 3.05) is 7.11 Å². The van der Waals surface area contributed by atoms with Crippen molar-refractivity contribution in [1.82, 2.24) is 0 Å². The average molecular weight is 312 g/mol. The minimum atomic E-state index is -0.00171. The molecule has 0 radical (unpaired) electrons. The molecule has 0 atom stereocenters. The molecular weight excluding hydrogens is 284 g/mol. The van der Waals surface area contributed by atoms with E-state index < -0.39 is 0 Å². The molecule has 0 N–H and O–H groups in total. The third-order valence-electron chi connectivity index (χ3n) is 3.91. The van der Waals surface area contributed by atoms with Crippen LogP contribution in [0.15, 0.2) is 42.5 Å². The Bertz CT molecular complexity index is 673. The minimum absolute atomic E-state index is 0.00171. The predicted molar refractivity (Wildman–Crippen MR) is 96.9 cm³/mol. The van der Waals surface area contributed by atoms with Gasteiger partial charge in [-0.05, 0) is 23.0 Å². The Morgan fingerprint density at radius 1 is 0.696 bits per heavy atom. The first-order valence-electron chi connectivity index (χ1n) is 8.09. The van der Waals surface area contributed by atoms with E-state index in [1.54, 1.807) is 7.11 Å².